The number of methoxy groups -OCH3 is 1. The van der Waals surface area contributed by atoms with E-state index in [-0.39, 0.29) is 24.5 Å². The van der Waals surface area contributed by atoms with E-state index in [9.17, 15) is 9.59 Å². The van der Waals surface area contributed by atoms with Crippen LogP contribution in [0.15, 0.2) is 48.5 Å². The Balaban J connectivity index is 1.79. The van der Waals surface area contributed by atoms with Crippen molar-refractivity contribution in [3.8, 4) is 5.75 Å². The zero-order chi connectivity index (χ0) is 17.4. The van der Waals surface area contributed by atoms with E-state index in [2.05, 4.69) is 5.32 Å². The average Bonchev–Trinajstić information content (AvgIpc) is 2.60. The molecule has 0 aromatic heterocycles. The van der Waals surface area contributed by atoms with Gasteiger partial charge in [-0.25, -0.2) is 0 Å². The third kappa shape index (κ3) is 5.23. The van der Waals surface area contributed by atoms with Crippen LogP contribution in [0.5, 0.6) is 5.75 Å². The first kappa shape index (κ1) is 17.7. The van der Waals surface area contributed by atoms with Gasteiger partial charge in [-0.2, -0.15) is 0 Å². The summed E-state index contributed by atoms with van der Waals surface area (Å²) in [6.45, 7) is 2.50. The van der Waals surface area contributed by atoms with Crippen LogP contribution in [0.1, 0.15) is 34.3 Å². The average molecular weight is 325 g/mol. The van der Waals surface area contributed by atoms with E-state index in [1.807, 2.05) is 43.3 Å². The van der Waals surface area contributed by atoms with Crippen molar-refractivity contribution >= 4 is 11.7 Å². The Hall–Kier alpha value is -2.62. The molecule has 0 atom stereocenters. The van der Waals surface area contributed by atoms with Crippen molar-refractivity contribution in [2.75, 3.05) is 13.7 Å². The predicted octanol–water partition coefficient (Wildman–Crippen LogP) is 3.33. The first-order chi connectivity index (χ1) is 11.6. The largest absolute Gasteiger partial charge is 0.496 e. The molecule has 0 radical (unpaired) electrons. The number of aryl methyl sites for hydroxylation is 1. The first-order valence-corrected chi connectivity index (χ1v) is 8.08. The zero-order valence-electron chi connectivity index (χ0n) is 14.2. The maximum absolute atomic E-state index is 12.3. The number of carbonyl (C=O) groups is 2. The Morgan fingerprint density at radius 1 is 1.04 bits per heavy atom. The zero-order valence-corrected chi connectivity index (χ0v) is 14.2. The van der Waals surface area contributed by atoms with E-state index in [0.29, 0.717) is 17.9 Å². The molecule has 0 saturated carbocycles. The quantitative estimate of drug-likeness (QED) is 0.758. The molecule has 24 heavy (non-hydrogen) atoms. The molecule has 1 N–H and O–H groups in total. The van der Waals surface area contributed by atoms with Gasteiger partial charge in [0.05, 0.1) is 12.7 Å². The molecule has 0 fully saturated rings. The molecule has 0 aliphatic rings. The lowest BCUT2D eigenvalue weighted by Crippen LogP contribution is -2.26. The van der Waals surface area contributed by atoms with Crippen LogP contribution in [0.2, 0.25) is 0 Å². The Labute approximate surface area is 142 Å². The van der Waals surface area contributed by atoms with Crippen LogP contribution < -0.4 is 10.1 Å². The molecule has 2 aromatic carbocycles. The summed E-state index contributed by atoms with van der Waals surface area (Å²) in [6.07, 6.45) is 1.15. The van der Waals surface area contributed by atoms with Crippen LogP contribution in [-0.2, 0) is 11.2 Å². The Morgan fingerprint density at radius 2 is 1.79 bits per heavy atom. The molecule has 2 aromatic rings. The van der Waals surface area contributed by atoms with Crippen LogP contribution in [0, 0.1) is 6.92 Å². The third-order valence-electron chi connectivity index (χ3n) is 3.81. The third-order valence-corrected chi connectivity index (χ3v) is 3.81. The van der Waals surface area contributed by atoms with Crippen LogP contribution in [0.4, 0.5) is 0 Å². The molecule has 0 aliphatic carbocycles. The number of benzene rings is 2. The summed E-state index contributed by atoms with van der Waals surface area (Å²) in [7, 11) is 1.54. The van der Waals surface area contributed by atoms with Crippen LogP contribution >= 0.6 is 0 Å². The number of amides is 1. The molecule has 2 rings (SSSR count). The molecule has 0 saturated heterocycles. The number of hydrogen-bond donors (Lipinski definition) is 1. The van der Waals surface area contributed by atoms with Gasteiger partial charge in [0, 0.05) is 19.4 Å². The summed E-state index contributed by atoms with van der Waals surface area (Å²) >= 11 is 0. The molecule has 0 aliphatic heterocycles. The topological polar surface area (TPSA) is 55.4 Å². The summed E-state index contributed by atoms with van der Waals surface area (Å²) in [6, 6.07) is 15.5. The van der Waals surface area contributed by atoms with E-state index in [4.69, 9.17) is 4.74 Å². The molecule has 126 valence electrons. The Morgan fingerprint density at radius 3 is 2.50 bits per heavy atom. The minimum absolute atomic E-state index is 0.0752. The second-order valence-corrected chi connectivity index (χ2v) is 5.71. The van der Waals surface area contributed by atoms with Gasteiger partial charge in [-0.3, -0.25) is 9.59 Å². The van der Waals surface area contributed by atoms with E-state index in [0.717, 1.165) is 12.0 Å². The van der Waals surface area contributed by atoms with Crippen molar-refractivity contribution in [1.29, 1.82) is 0 Å². The molecule has 0 bridgehead atoms. The second kappa shape index (κ2) is 8.87. The molecule has 4 nitrogen and oxygen atoms in total. The van der Waals surface area contributed by atoms with Gasteiger partial charge in [0.15, 0.2) is 5.78 Å². The lowest BCUT2D eigenvalue weighted by Gasteiger charge is -2.09. The van der Waals surface area contributed by atoms with Crippen LogP contribution in [0.3, 0.4) is 0 Å². The van der Waals surface area contributed by atoms with Gasteiger partial charge in [0.25, 0.3) is 0 Å². The summed E-state index contributed by atoms with van der Waals surface area (Å²) in [5.41, 5.74) is 2.71. The van der Waals surface area contributed by atoms with Gasteiger partial charge in [0.1, 0.15) is 5.75 Å². The maximum Gasteiger partial charge on any atom is 0.220 e. The number of rotatable bonds is 8. The number of ether oxygens (including phenoxy) is 1. The fourth-order valence-electron chi connectivity index (χ4n) is 2.48. The van der Waals surface area contributed by atoms with Crippen molar-refractivity contribution in [3.05, 3.63) is 65.2 Å². The number of nitrogens with one attached hydrogen (secondary N) is 1. The SMILES string of the molecule is COc1ccc(C)cc1C(=O)CCC(=O)NCCc1ccccc1. The van der Waals surface area contributed by atoms with Crippen molar-refractivity contribution in [1.82, 2.24) is 5.32 Å². The van der Waals surface area contributed by atoms with Crippen molar-refractivity contribution in [3.63, 3.8) is 0 Å². The first-order valence-electron chi connectivity index (χ1n) is 8.08. The van der Waals surface area contributed by atoms with Gasteiger partial charge in [-0.15, -0.1) is 0 Å². The number of ketones is 1. The highest BCUT2D eigenvalue weighted by Crippen LogP contribution is 2.21. The summed E-state index contributed by atoms with van der Waals surface area (Å²) in [5, 5.41) is 2.86. The van der Waals surface area contributed by atoms with Crippen LogP contribution in [-0.4, -0.2) is 25.3 Å². The van der Waals surface area contributed by atoms with Crippen molar-refractivity contribution in [2.24, 2.45) is 0 Å². The lowest BCUT2D eigenvalue weighted by atomic mass is 10.0. The Kier molecular flexibility index (Phi) is 6.55. The fourth-order valence-corrected chi connectivity index (χ4v) is 2.48. The summed E-state index contributed by atoms with van der Waals surface area (Å²) < 4.78 is 5.22. The van der Waals surface area contributed by atoms with E-state index >= 15 is 0 Å². The van der Waals surface area contributed by atoms with E-state index in [1.54, 1.807) is 12.1 Å². The minimum atomic E-state index is -0.106. The number of Topliss-reactive ketones (excluding diaryl/α,β-unsaturated/α-hetero) is 1. The van der Waals surface area contributed by atoms with Gasteiger partial charge >= 0.3 is 0 Å². The molecule has 0 heterocycles. The summed E-state index contributed by atoms with van der Waals surface area (Å²) in [5.74, 6) is 0.370. The molecule has 0 spiro atoms. The smallest absolute Gasteiger partial charge is 0.220 e. The minimum Gasteiger partial charge on any atom is -0.496 e. The maximum atomic E-state index is 12.3. The standard InChI is InChI=1S/C20H23NO3/c1-15-8-10-19(24-2)17(14-15)18(22)9-11-20(23)21-13-12-16-6-4-3-5-7-16/h3-8,10,14H,9,11-13H2,1-2H3,(H,21,23). The molecule has 4 heteroatoms. The summed E-state index contributed by atoms with van der Waals surface area (Å²) in [4.78, 5) is 24.2. The highest BCUT2D eigenvalue weighted by atomic mass is 16.5. The normalized spacial score (nSPS) is 10.2. The molecule has 0 unspecified atom stereocenters. The predicted molar refractivity (Wildman–Crippen MR) is 94.5 cm³/mol. The van der Waals surface area contributed by atoms with Gasteiger partial charge in [-0.1, -0.05) is 42.0 Å². The lowest BCUT2D eigenvalue weighted by molar-refractivity contribution is -0.121. The molecular formula is C20H23NO3. The fraction of sp³-hybridized carbons (Fsp3) is 0.300. The Bertz CT molecular complexity index is 695. The van der Waals surface area contributed by atoms with Crippen molar-refractivity contribution in [2.45, 2.75) is 26.2 Å². The number of hydrogen-bond acceptors (Lipinski definition) is 3. The van der Waals surface area contributed by atoms with E-state index in [1.165, 1.54) is 12.7 Å². The van der Waals surface area contributed by atoms with Crippen molar-refractivity contribution < 1.29 is 14.3 Å². The monoisotopic (exact) mass is 325 g/mol. The van der Waals surface area contributed by atoms with E-state index < -0.39 is 0 Å². The van der Waals surface area contributed by atoms with Gasteiger partial charge in [0.2, 0.25) is 5.91 Å². The molecular weight excluding hydrogens is 302 g/mol. The van der Waals surface area contributed by atoms with Gasteiger partial charge in [-0.05, 0) is 31.0 Å². The highest BCUT2D eigenvalue weighted by Gasteiger charge is 2.14. The number of carbonyl (C=O) groups excluding carboxylic acids is 2. The second-order valence-electron chi connectivity index (χ2n) is 5.71. The van der Waals surface area contributed by atoms with Crippen LogP contribution in [0.25, 0.3) is 0 Å². The van der Waals surface area contributed by atoms with Gasteiger partial charge < -0.3 is 10.1 Å². The highest BCUT2D eigenvalue weighted by molar-refractivity contribution is 6.00. The molecule has 1 amide bonds.